The summed E-state index contributed by atoms with van der Waals surface area (Å²) in [7, 11) is -4.26. The number of hydrogen-bond donors (Lipinski definition) is 0. The Bertz CT molecular complexity index is 782. The minimum absolute atomic E-state index is 0.00726. The van der Waals surface area contributed by atoms with Gasteiger partial charge in [0.2, 0.25) is 15.9 Å². The number of aromatic nitrogens is 2. The van der Waals surface area contributed by atoms with E-state index in [1.807, 2.05) is 0 Å². The molecule has 0 aliphatic carbocycles. The van der Waals surface area contributed by atoms with Crippen LogP contribution in [0, 0.1) is 11.6 Å². The topological polar surface area (TPSA) is 72.4 Å². The molecule has 2 aromatic rings. The zero-order chi connectivity index (χ0) is 16.4. The number of nitrogens with zero attached hydrogens (tertiary/aromatic N) is 3. The number of sulfonamides is 1. The molecule has 23 heavy (non-hydrogen) atoms. The van der Waals surface area contributed by atoms with E-state index in [1.165, 1.54) is 6.20 Å². The highest BCUT2D eigenvalue weighted by molar-refractivity contribution is 7.89. The van der Waals surface area contributed by atoms with Crippen molar-refractivity contribution < 1.29 is 21.9 Å². The highest BCUT2D eigenvalue weighted by Crippen LogP contribution is 2.26. The number of hydrogen-bond acceptors (Lipinski definition) is 5. The molecule has 1 aromatic carbocycles. The molecular formula is C14H13F2N3O3S. The average Bonchev–Trinajstić information content (AvgIpc) is 2.97. The first kappa shape index (κ1) is 15.8. The molecule has 0 spiro atoms. The summed E-state index contributed by atoms with van der Waals surface area (Å²) < 4.78 is 58.9. The number of rotatable bonds is 4. The molecule has 9 heteroatoms. The predicted molar refractivity (Wildman–Crippen MR) is 76.2 cm³/mol. The molecule has 1 atom stereocenters. The van der Waals surface area contributed by atoms with Crippen LogP contribution in [0.1, 0.15) is 6.42 Å². The Morgan fingerprint density at radius 1 is 1.17 bits per heavy atom. The van der Waals surface area contributed by atoms with Crippen LogP contribution in [0.2, 0.25) is 0 Å². The third-order valence-electron chi connectivity index (χ3n) is 3.46. The van der Waals surface area contributed by atoms with Crippen LogP contribution in [0.5, 0.6) is 5.88 Å². The van der Waals surface area contributed by atoms with E-state index in [-0.39, 0.29) is 19.0 Å². The number of benzene rings is 1. The van der Waals surface area contributed by atoms with Gasteiger partial charge in [-0.25, -0.2) is 17.2 Å². The maximum atomic E-state index is 13.7. The van der Waals surface area contributed by atoms with Crippen molar-refractivity contribution in [3.63, 3.8) is 0 Å². The Morgan fingerprint density at radius 3 is 2.57 bits per heavy atom. The van der Waals surface area contributed by atoms with Gasteiger partial charge in [0, 0.05) is 18.8 Å². The van der Waals surface area contributed by atoms with Crippen LogP contribution in [0.25, 0.3) is 0 Å². The predicted octanol–water partition coefficient (Wildman–Crippen LogP) is 1.60. The van der Waals surface area contributed by atoms with Gasteiger partial charge in [-0.05, 0) is 24.6 Å². The summed E-state index contributed by atoms with van der Waals surface area (Å²) in [6.07, 6.45) is 1.43. The van der Waals surface area contributed by atoms with Gasteiger partial charge in [0.25, 0.3) is 0 Å². The third-order valence-corrected chi connectivity index (χ3v) is 5.38. The molecule has 0 bridgehead atoms. The van der Waals surface area contributed by atoms with Crippen molar-refractivity contribution in [2.75, 3.05) is 13.1 Å². The van der Waals surface area contributed by atoms with Crippen LogP contribution in [0.15, 0.2) is 41.4 Å². The lowest BCUT2D eigenvalue weighted by Gasteiger charge is -2.17. The lowest BCUT2D eigenvalue weighted by Crippen LogP contribution is -2.32. The minimum atomic E-state index is -4.26. The maximum Gasteiger partial charge on any atom is 0.249 e. The van der Waals surface area contributed by atoms with Crippen LogP contribution in [-0.4, -0.2) is 42.1 Å². The van der Waals surface area contributed by atoms with Gasteiger partial charge in [-0.1, -0.05) is 6.07 Å². The molecule has 6 nitrogen and oxygen atoms in total. The molecule has 1 aromatic heterocycles. The van der Waals surface area contributed by atoms with Crippen molar-refractivity contribution >= 4 is 10.0 Å². The summed E-state index contributed by atoms with van der Waals surface area (Å²) in [5.74, 6) is -1.94. The van der Waals surface area contributed by atoms with E-state index in [0.29, 0.717) is 6.42 Å². The van der Waals surface area contributed by atoms with Crippen molar-refractivity contribution in [3.8, 4) is 5.88 Å². The second-order valence-electron chi connectivity index (χ2n) is 5.00. The molecule has 1 aliphatic rings. The summed E-state index contributed by atoms with van der Waals surface area (Å²) in [5, 5.41) is 7.41. The van der Waals surface area contributed by atoms with Gasteiger partial charge in [0.15, 0.2) is 4.90 Å². The van der Waals surface area contributed by atoms with Gasteiger partial charge in [-0.3, -0.25) is 0 Å². The quantitative estimate of drug-likeness (QED) is 0.845. The molecule has 1 saturated heterocycles. The fourth-order valence-corrected chi connectivity index (χ4v) is 3.99. The number of halogens is 2. The molecule has 0 radical (unpaired) electrons. The summed E-state index contributed by atoms with van der Waals surface area (Å²) in [6.45, 7) is 0.105. The summed E-state index contributed by atoms with van der Waals surface area (Å²) >= 11 is 0. The lowest BCUT2D eigenvalue weighted by atomic mass is 10.3. The van der Waals surface area contributed by atoms with Crippen LogP contribution in [0.3, 0.4) is 0 Å². The van der Waals surface area contributed by atoms with Crippen molar-refractivity contribution in [3.05, 3.63) is 48.2 Å². The average molecular weight is 341 g/mol. The minimum Gasteiger partial charge on any atom is -0.472 e. The Labute approximate surface area is 131 Å². The van der Waals surface area contributed by atoms with Gasteiger partial charge in [0.1, 0.15) is 17.7 Å². The zero-order valence-corrected chi connectivity index (χ0v) is 12.7. The molecular weight excluding hydrogens is 328 g/mol. The first-order chi connectivity index (χ1) is 11.0. The van der Waals surface area contributed by atoms with Gasteiger partial charge in [-0.2, -0.15) is 9.40 Å². The molecule has 0 amide bonds. The molecule has 2 heterocycles. The van der Waals surface area contributed by atoms with Crippen molar-refractivity contribution in [2.24, 2.45) is 0 Å². The zero-order valence-electron chi connectivity index (χ0n) is 11.9. The SMILES string of the molecule is O=S(=O)(c1c(F)cccc1F)N1CCC(Oc2cccnn2)C1. The van der Waals surface area contributed by atoms with E-state index in [0.717, 1.165) is 22.5 Å². The van der Waals surface area contributed by atoms with Gasteiger partial charge in [-0.15, -0.1) is 5.10 Å². The molecule has 3 rings (SSSR count). The van der Waals surface area contributed by atoms with E-state index >= 15 is 0 Å². The van der Waals surface area contributed by atoms with Crippen molar-refractivity contribution in [1.82, 2.24) is 14.5 Å². The second kappa shape index (κ2) is 6.17. The van der Waals surface area contributed by atoms with E-state index in [9.17, 15) is 17.2 Å². The van der Waals surface area contributed by atoms with Crippen molar-refractivity contribution in [2.45, 2.75) is 17.4 Å². The Hall–Kier alpha value is -2.13. The summed E-state index contributed by atoms with van der Waals surface area (Å²) in [6, 6.07) is 6.19. The van der Waals surface area contributed by atoms with Crippen LogP contribution >= 0.6 is 0 Å². The van der Waals surface area contributed by atoms with Crippen LogP contribution in [-0.2, 0) is 10.0 Å². The van der Waals surface area contributed by atoms with Crippen LogP contribution in [0.4, 0.5) is 8.78 Å². The van der Waals surface area contributed by atoms with E-state index in [1.54, 1.807) is 12.1 Å². The summed E-state index contributed by atoms with van der Waals surface area (Å²) in [4.78, 5) is -0.930. The van der Waals surface area contributed by atoms with Crippen molar-refractivity contribution in [1.29, 1.82) is 0 Å². The normalized spacial score (nSPS) is 19.0. The first-order valence-electron chi connectivity index (χ1n) is 6.87. The van der Waals surface area contributed by atoms with Gasteiger partial charge < -0.3 is 4.74 Å². The van der Waals surface area contributed by atoms with Crippen LogP contribution < -0.4 is 4.74 Å². The van der Waals surface area contributed by atoms with Gasteiger partial charge in [0.05, 0.1) is 6.54 Å². The highest BCUT2D eigenvalue weighted by atomic mass is 32.2. The Balaban J connectivity index is 1.78. The molecule has 0 saturated carbocycles. The molecule has 1 fully saturated rings. The summed E-state index contributed by atoms with van der Waals surface area (Å²) in [5.41, 5.74) is 0. The monoisotopic (exact) mass is 341 g/mol. The standard InChI is InChI=1S/C14H13F2N3O3S/c15-11-3-1-4-12(16)14(11)23(20,21)19-8-6-10(9-19)22-13-5-2-7-17-18-13/h1-5,7,10H,6,8-9H2. The lowest BCUT2D eigenvalue weighted by molar-refractivity contribution is 0.204. The molecule has 122 valence electrons. The Morgan fingerprint density at radius 2 is 1.91 bits per heavy atom. The van der Waals surface area contributed by atoms with Gasteiger partial charge >= 0.3 is 0 Å². The second-order valence-corrected chi connectivity index (χ2v) is 6.88. The van der Waals surface area contributed by atoms with E-state index in [4.69, 9.17) is 4.74 Å². The van der Waals surface area contributed by atoms with E-state index in [2.05, 4.69) is 10.2 Å². The third kappa shape index (κ3) is 3.15. The highest BCUT2D eigenvalue weighted by Gasteiger charge is 2.37. The fourth-order valence-electron chi connectivity index (χ4n) is 2.39. The smallest absolute Gasteiger partial charge is 0.249 e. The van der Waals surface area contributed by atoms with E-state index < -0.39 is 32.7 Å². The number of ether oxygens (including phenoxy) is 1. The molecule has 0 N–H and O–H groups in total. The molecule has 1 aliphatic heterocycles. The maximum absolute atomic E-state index is 13.7. The fraction of sp³-hybridized carbons (Fsp3) is 0.286. The Kier molecular flexibility index (Phi) is 4.22. The largest absolute Gasteiger partial charge is 0.472 e. The molecule has 1 unspecified atom stereocenters. The first-order valence-corrected chi connectivity index (χ1v) is 8.31.